The van der Waals surface area contributed by atoms with Crippen molar-refractivity contribution in [3.05, 3.63) is 64.8 Å². The first-order valence-corrected chi connectivity index (χ1v) is 13.6. The lowest BCUT2D eigenvalue weighted by atomic mass is 9.74. The molecule has 0 unspecified atom stereocenters. The van der Waals surface area contributed by atoms with E-state index in [0.29, 0.717) is 22.8 Å². The summed E-state index contributed by atoms with van der Waals surface area (Å²) in [4.78, 5) is 8.19. The van der Waals surface area contributed by atoms with Gasteiger partial charge in [0.1, 0.15) is 5.75 Å². The highest BCUT2D eigenvalue weighted by atomic mass is 35.5. The maximum absolute atomic E-state index is 11.1. The van der Waals surface area contributed by atoms with Crippen molar-refractivity contribution < 1.29 is 14.9 Å². The quantitative estimate of drug-likeness (QED) is 0.329. The molecule has 4 rings (SSSR count). The highest BCUT2D eigenvalue weighted by Crippen LogP contribution is 2.40. The summed E-state index contributed by atoms with van der Waals surface area (Å²) in [6, 6.07) is 14.3. The molecule has 2 N–H and O–H groups in total. The van der Waals surface area contributed by atoms with Crippen LogP contribution in [0.4, 0.5) is 0 Å². The molecule has 1 fully saturated rings. The molecule has 5 nitrogen and oxygen atoms in total. The van der Waals surface area contributed by atoms with Gasteiger partial charge in [0.05, 0.1) is 23.8 Å². The Morgan fingerprint density at radius 1 is 1.17 bits per heavy atom. The van der Waals surface area contributed by atoms with Gasteiger partial charge in [0.15, 0.2) is 0 Å². The Labute approximate surface area is 217 Å². The molecule has 2 aromatic carbocycles. The second-order valence-corrected chi connectivity index (χ2v) is 11.2. The van der Waals surface area contributed by atoms with Gasteiger partial charge in [-0.2, -0.15) is 0 Å². The molecule has 3 aromatic rings. The van der Waals surface area contributed by atoms with Crippen LogP contribution in [-0.4, -0.2) is 59.2 Å². The minimum Gasteiger partial charge on any atom is -0.497 e. The zero-order valence-electron chi connectivity index (χ0n) is 20.5. The van der Waals surface area contributed by atoms with Crippen LogP contribution in [0, 0.1) is 12.3 Å². The number of likely N-dealkylation sites (tertiary alicyclic amines) is 1. The third-order valence-corrected chi connectivity index (χ3v) is 8.59. The molecular weight excluding hydrogens is 480 g/mol. The average Bonchev–Trinajstić information content (AvgIpc) is 2.89. The number of ether oxygens (including phenoxy) is 1. The number of hydrogen-bond donors (Lipinski definition) is 2. The third kappa shape index (κ3) is 6.49. The Hall–Kier alpha value is -1.83. The van der Waals surface area contributed by atoms with Crippen LogP contribution >= 0.6 is 23.4 Å². The number of aromatic nitrogens is 1. The van der Waals surface area contributed by atoms with Gasteiger partial charge in [0.2, 0.25) is 0 Å². The minimum absolute atomic E-state index is 0.143. The van der Waals surface area contributed by atoms with E-state index in [4.69, 9.17) is 16.3 Å². The number of benzene rings is 2. The van der Waals surface area contributed by atoms with E-state index in [1.54, 1.807) is 13.3 Å². The van der Waals surface area contributed by atoms with Crippen LogP contribution < -0.4 is 4.74 Å². The first-order valence-electron chi connectivity index (χ1n) is 12.3. The number of aryl methyl sites for hydroxylation is 1. The summed E-state index contributed by atoms with van der Waals surface area (Å²) in [5.41, 5.74) is 2.59. The van der Waals surface area contributed by atoms with Gasteiger partial charge in [0.25, 0.3) is 0 Å². The fraction of sp³-hybridized carbons (Fsp3) is 0.464. The van der Waals surface area contributed by atoms with Crippen molar-refractivity contribution in [2.24, 2.45) is 5.41 Å². The highest BCUT2D eigenvalue weighted by Gasteiger charge is 2.34. The van der Waals surface area contributed by atoms with Gasteiger partial charge >= 0.3 is 0 Å². The number of aliphatic hydroxyl groups is 2. The van der Waals surface area contributed by atoms with Gasteiger partial charge < -0.3 is 19.8 Å². The van der Waals surface area contributed by atoms with Gasteiger partial charge in [-0.05, 0) is 81.4 Å². The Morgan fingerprint density at radius 2 is 1.91 bits per heavy atom. The summed E-state index contributed by atoms with van der Waals surface area (Å²) in [5, 5.41) is 22.7. The monoisotopic (exact) mass is 514 g/mol. The lowest BCUT2D eigenvalue weighted by molar-refractivity contribution is 0.0254. The highest BCUT2D eigenvalue weighted by molar-refractivity contribution is 7.99. The van der Waals surface area contributed by atoms with Crippen molar-refractivity contribution in [1.29, 1.82) is 0 Å². The number of rotatable bonds is 10. The van der Waals surface area contributed by atoms with Crippen LogP contribution in [0.3, 0.4) is 0 Å². The molecule has 1 saturated heterocycles. The Morgan fingerprint density at radius 3 is 2.60 bits per heavy atom. The molecular formula is C28H35ClN2O3S. The fourth-order valence-corrected chi connectivity index (χ4v) is 6.08. The Kier molecular flexibility index (Phi) is 8.95. The number of nitrogens with zero attached hydrogens (tertiary/aromatic N) is 2. The number of aliphatic hydroxyl groups excluding tert-OH is 2. The molecule has 1 aliphatic heterocycles. The van der Waals surface area contributed by atoms with Gasteiger partial charge in [-0.25, -0.2) is 0 Å². The Balaban J connectivity index is 1.33. The SMILES string of the molecule is COc1ccc2ncc(Cl)c([C@H](O)CCC3(CO)CCN(CCSc4ccc(C)cc4)CC3)c2c1. The molecule has 1 atom stereocenters. The first-order chi connectivity index (χ1) is 16.9. The molecule has 188 valence electrons. The number of fused-ring (bicyclic) bond motifs is 1. The molecule has 0 amide bonds. The molecule has 1 aliphatic rings. The normalized spacial score (nSPS) is 16.9. The molecule has 0 aliphatic carbocycles. The zero-order chi connectivity index (χ0) is 24.8. The number of hydrogen-bond acceptors (Lipinski definition) is 6. The maximum atomic E-state index is 11.1. The van der Waals surface area contributed by atoms with Crippen LogP contribution in [0.25, 0.3) is 10.9 Å². The van der Waals surface area contributed by atoms with Crippen LogP contribution in [0.15, 0.2) is 53.6 Å². The number of halogens is 1. The summed E-state index contributed by atoms with van der Waals surface area (Å²) >= 11 is 8.38. The first kappa shape index (κ1) is 26.2. The molecule has 2 heterocycles. The summed E-state index contributed by atoms with van der Waals surface area (Å²) < 4.78 is 5.36. The largest absolute Gasteiger partial charge is 0.497 e. The van der Waals surface area contributed by atoms with E-state index in [2.05, 4.69) is 41.1 Å². The van der Waals surface area contributed by atoms with Crippen LogP contribution in [0.5, 0.6) is 5.75 Å². The van der Waals surface area contributed by atoms with Crippen LogP contribution in [0.1, 0.15) is 42.9 Å². The molecule has 0 saturated carbocycles. The molecule has 7 heteroatoms. The van der Waals surface area contributed by atoms with Gasteiger partial charge in [0, 0.05) is 40.9 Å². The van der Waals surface area contributed by atoms with E-state index < -0.39 is 6.10 Å². The predicted molar refractivity (Wildman–Crippen MR) is 145 cm³/mol. The molecule has 0 bridgehead atoms. The fourth-order valence-electron chi connectivity index (χ4n) is 4.89. The van der Waals surface area contributed by atoms with Crippen molar-refractivity contribution >= 4 is 34.3 Å². The standard InChI is InChI=1S/C28H35ClN2O3S/c1-20-3-6-22(7-4-20)35-16-15-31-13-11-28(19-32,12-14-31)10-9-26(33)27-23-17-21(34-2)5-8-25(23)30-18-24(27)29/h3-8,17-18,26,32-33H,9-16,19H2,1-2H3/t26-/m1/s1. The Bertz CT molecular complexity index is 1120. The molecule has 1 aromatic heterocycles. The lowest BCUT2D eigenvalue weighted by Gasteiger charge is -2.41. The van der Waals surface area contributed by atoms with E-state index in [0.717, 1.165) is 55.6 Å². The van der Waals surface area contributed by atoms with Crippen molar-refractivity contribution in [2.45, 2.75) is 43.6 Å². The van der Waals surface area contributed by atoms with E-state index in [-0.39, 0.29) is 12.0 Å². The number of thioether (sulfide) groups is 1. The van der Waals surface area contributed by atoms with E-state index in [9.17, 15) is 10.2 Å². The van der Waals surface area contributed by atoms with Crippen molar-refractivity contribution in [2.75, 3.05) is 39.1 Å². The average molecular weight is 515 g/mol. The summed E-state index contributed by atoms with van der Waals surface area (Å²) in [7, 11) is 1.62. The summed E-state index contributed by atoms with van der Waals surface area (Å²) in [6.45, 7) is 5.25. The van der Waals surface area contributed by atoms with Crippen molar-refractivity contribution in [3.63, 3.8) is 0 Å². The minimum atomic E-state index is -0.729. The van der Waals surface area contributed by atoms with E-state index in [1.165, 1.54) is 10.5 Å². The molecule has 35 heavy (non-hydrogen) atoms. The summed E-state index contributed by atoms with van der Waals surface area (Å²) in [5.74, 6) is 1.76. The van der Waals surface area contributed by atoms with E-state index >= 15 is 0 Å². The predicted octanol–water partition coefficient (Wildman–Crippen LogP) is 5.89. The van der Waals surface area contributed by atoms with Gasteiger partial charge in [-0.1, -0.05) is 29.3 Å². The smallest absolute Gasteiger partial charge is 0.119 e. The van der Waals surface area contributed by atoms with Crippen LogP contribution in [0.2, 0.25) is 5.02 Å². The number of piperidine rings is 1. The topological polar surface area (TPSA) is 65.8 Å². The van der Waals surface area contributed by atoms with E-state index in [1.807, 2.05) is 30.0 Å². The maximum Gasteiger partial charge on any atom is 0.119 e. The lowest BCUT2D eigenvalue weighted by Crippen LogP contribution is -2.43. The van der Waals surface area contributed by atoms with Crippen molar-refractivity contribution in [3.8, 4) is 5.75 Å². The second-order valence-electron chi connectivity index (χ2n) is 9.62. The number of methoxy groups -OCH3 is 1. The zero-order valence-corrected chi connectivity index (χ0v) is 22.1. The second kappa shape index (κ2) is 11.9. The molecule has 0 spiro atoms. The van der Waals surface area contributed by atoms with Crippen molar-refractivity contribution in [1.82, 2.24) is 9.88 Å². The summed E-state index contributed by atoms with van der Waals surface area (Å²) in [6.07, 6.45) is 4.03. The number of pyridine rings is 1. The molecule has 0 radical (unpaired) electrons. The van der Waals surface area contributed by atoms with Gasteiger partial charge in [-0.15, -0.1) is 11.8 Å². The van der Waals surface area contributed by atoms with Gasteiger partial charge in [-0.3, -0.25) is 4.98 Å². The third-order valence-electron chi connectivity index (χ3n) is 7.30. The van der Waals surface area contributed by atoms with Crippen LogP contribution in [-0.2, 0) is 0 Å².